The van der Waals surface area contributed by atoms with Gasteiger partial charge in [-0.25, -0.2) is 0 Å². The molecule has 0 aromatic carbocycles. The van der Waals surface area contributed by atoms with Crippen molar-refractivity contribution in [2.24, 2.45) is 5.41 Å². The lowest BCUT2D eigenvalue weighted by molar-refractivity contribution is -0.125. The highest BCUT2D eigenvalue weighted by atomic mass is 16.5. The lowest BCUT2D eigenvalue weighted by Gasteiger charge is -2.20. The number of amides is 1. The van der Waals surface area contributed by atoms with E-state index < -0.39 is 5.41 Å². The first kappa shape index (κ1) is 14.9. The zero-order valence-electron chi connectivity index (χ0n) is 12.2. The van der Waals surface area contributed by atoms with Gasteiger partial charge in [0.25, 0.3) is 0 Å². The molecule has 108 valence electrons. The third-order valence-corrected chi connectivity index (χ3v) is 3.67. The Balaban J connectivity index is 2.71. The predicted molar refractivity (Wildman–Crippen MR) is 85.1 cm³/mol. The van der Waals surface area contributed by atoms with Crippen LogP contribution >= 0.6 is 0 Å². The third-order valence-electron chi connectivity index (χ3n) is 3.67. The van der Waals surface area contributed by atoms with Gasteiger partial charge in [0.05, 0.1) is 0 Å². The summed E-state index contributed by atoms with van der Waals surface area (Å²) in [7, 11) is 0. The summed E-state index contributed by atoms with van der Waals surface area (Å²) in [6, 6.07) is 0. The fraction of sp³-hybridized carbons (Fsp3) is 0.167. The van der Waals surface area contributed by atoms with E-state index in [4.69, 9.17) is 4.74 Å². The minimum absolute atomic E-state index is 0.103. The van der Waals surface area contributed by atoms with E-state index in [0.29, 0.717) is 5.76 Å². The molecule has 2 rings (SSSR count). The molecule has 1 N–H and O–H groups in total. The van der Waals surface area contributed by atoms with Gasteiger partial charge in [-0.2, -0.15) is 0 Å². The SMILES string of the molecule is C=CC=C1/C(=C\C=C)NC(=O)[C@@]12COC(=C/C)/C2=C\C=C. The number of carbonyl (C=O) groups excluding carboxylic acids is 1. The number of rotatable bonds is 3. The van der Waals surface area contributed by atoms with Crippen molar-refractivity contribution in [2.45, 2.75) is 6.92 Å². The number of ether oxygens (including phenoxy) is 1. The summed E-state index contributed by atoms with van der Waals surface area (Å²) < 4.78 is 5.73. The Morgan fingerprint density at radius 2 is 1.71 bits per heavy atom. The Hall–Kier alpha value is -2.55. The molecule has 2 aliphatic heterocycles. The Morgan fingerprint density at radius 1 is 1.10 bits per heavy atom. The highest BCUT2D eigenvalue weighted by Crippen LogP contribution is 2.51. The molecule has 1 amide bonds. The quantitative estimate of drug-likeness (QED) is 0.861. The average Bonchev–Trinajstić information content (AvgIpc) is 2.95. The van der Waals surface area contributed by atoms with Crippen molar-refractivity contribution in [1.82, 2.24) is 5.32 Å². The van der Waals surface area contributed by atoms with Crippen LogP contribution in [-0.4, -0.2) is 12.5 Å². The fourth-order valence-corrected chi connectivity index (χ4v) is 2.79. The van der Waals surface area contributed by atoms with Crippen molar-refractivity contribution in [2.75, 3.05) is 6.61 Å². The smallest absolute Gasteiger partial charge is 0.243 e. The third kappa shape index (κ3) is 2.11. The van der Waals surface area contributed by atoms with E-state index in [1.54, 1.807) is 24.3 Å². The van der Waals surface area contributed by atoms with Crippen LogP contribution < -0.4 is 5.32 Å². The molecular weight excluding hydrogens is 262 g/mol. The van der Waals surface area contributed by atoms with E-state index in [9.17, 15) is 4.79 Å². The Kier molecular flexibility index (Phi) is 4.13. The average molecular weight is 281 g/mol. The second-order valence-electron chi connectivity index (χ2n) is 4.75. The number of hydrogen-bond donors (Lipinski definition) is 1. The minimum Gasteiger partial charge on any atom is -0.492 e. The predicted octanol–water partition coefficient (Wildman–Crippen LogP) is 3.33. The van der Waals surface area contributed by atoms with Crippen molar-refractivity contribution in [3.05, 3.63) is 84.9 Å². The Bertz CT molecular complexity index is 632. The van der Waals surface area contributed by atoms with Crippen LogP contribution in [0.2, 0.25) is 0 Å². The second-order valence-corrected chi connectivity index (χ2v) is 4.75. The molecular formula is C18H19NO2. The zero-order valence-corrected chi connectivity index (χ0v) is 12.2. The van der Waals surface area contributed by atoms with Gasteiger partial charge in [-0.15, -0.1) is 0 Å². The van der Waals surface area contributed by atoms with Crippen LogP contribution in [0, 0.1) is 5.41 Å². The minimum atomic E-state index is -0.848. The van der Waals surface area contributed by atoms with Crippen LogP contribution in [0.1, 0.15) is 6.92 Å². The van der Waals surface area contributed by atoms with Crippen molar-refractivity contribution in [3.63, 3.8) is 0 Å². The lowest BCUT2D eigenvalue weighted by Crippen LogP contribution is -2.33. The van der Waals surface area contributed by atoms with Crippen LogP contribution in [0.3, 0.4) is 0 Å². The molecule has 2 aliphatic rings. The van der Waals surface area contributed by atoms with E-state index in [-0.39, 0.29) is 12.5 Å². The van der Waals surface area contributed by atoms with Gasteiger partial charge in [0.2, 0.25) is 5.91 Å². The molecule has 0 radical (unpaired) electrons. The molecule has 0 aliphatic carbocycles. The van der Waals surface area contributed by atoms with Crippen LogP contribution in [0.5, 0.6) is 0 Å². The lowest BCUT2D eigenvalue weighted by atomic mass is 9.75. The largest absolute Gasteiger partial charge is 0.492 e. The highest BCUT2D eigenvalue weighted by Gasteiger charge is 2.56. The summed E-state index contributed by atoms with van der Waals surface area (Å²) >= 11 is 0. The van der Waals surface area contributed by atoms with Crippen molar-refractivity contribution in [1.29, 1.82) is 0 Å². The van der Waals surface area contributed by atoms with Gasteiger partial charge in [-0.1, -0.05) is 50.1 Å². The molecule has 21 heavy (non-hydrogen) atoms. The van der Waals surface area contributed by atoms with E-state index in [1.807, 2.05) is 25.2 Å². The topological polar surface area (TPSA) is 38.3 Å². The molecule has 0 saturated carbocycles. The maximum atomic E-state index is 12.7. The molecule has 0 aromatic heterocycles. The van der Waals surface area contributed by atoms with Crippen LogP contribution in [-0.2, 0) is 9.53 Å². The number of nitrogens with one attached hydrogen (secondary N) is 1. The van der Waals surface area contributed by atoms with Crippen LogP contribution in [0.25, 0.3) is 0 Å². The van der Waals surface area contributed by atoms with E-state index in [2.05, 4.69) is 25.1 Å². The molecule has 2 fully saturated rings. The monoisotopic (exact) mass is 281 g/mol. The summed E-state index contributed by atoms with van der Waals surface area (Å²) in [6.07, 6.45) is 12.3. The number of allylic oxidation sites excluding steroid dienone is 9. The summed E-state index contributed by atoms with van der Waals surface area (Å²) in [4.78, 5) is 12.7. The normalized spacial score (nSPS) is 32.0. The fourth-order valence-electron chi connectivity index (χ4n) is 2.79. The molecule has 1 atom stereocenters. The van der Waals surface area contributed by atoms with Gasteiger partial charge >= 0.3 is 0 Å². The summed E-state index contributed by atoms with van der Waals surface area (Å²) in [5.74, 6) is 0.605. The molecule has 0 bridgehead atoms. The van der Waals surface area contributed by atoms with E-state index >= 15 is 0 Å². The summed E-state index contributed by atoms with van der Waals surface area (Å²) in [5.41, 5.74) is 1.54. The second kappa shape index (κ2) is 5.83. The van der Waals surface area contributed by atoms with Gasteiger partial charge in [-0.3, -0.25) is 4.79 Å². The first-order chi connectivity index (χ1) is 10.1. The van der Waals surface area contributed by atoms with Gasteiger partial charge in [0.1, 0.15) is 17.8 Å². The standard InChI is InChI=1S/C18H19NO2/c1-5-9-13-15(11-7-3)19-17(20)18(13)12-21-16(8-4)14(18)10-6-2/h5-11H,1-3,12H2,4H3,(H,19,20)/b13-9?,14-10+,15-11+,16-8+/t18-/m0/s1. The van der Waals surface area contributed by atoms with Gasteiger partial charge in [0.15, 0.2) is 0 Å². The maximum Gasteiger partial charge on any atom is 0.243 e. The molecule has 3 nitrogen and oxygen atoms in total. The number of hydrogen-bond acceptors (Lipinski definition) is 2. The molecule has 0 unspecified atom stereocenters. The molecule has 2 saturated heterocycles. The zero-order chi connectivity index (χ0) is 15.5. The van der Waals surface area contributed by atoms with Gasteiger partial charge in [-0.05, 0) is 24.6 Å². The van der Waals surface area contributed by atoms with Crippen LogP contribution in [0.4, 0.5) is 0 Å². The molecule has 2 heterocycles. The first-order valence-electron chi connectivity index (χ1n) is 6.76. The van der Waals surface area contributed by atoms with Crippen molar-refractivity contribution >= 4 is 5.91 Å². The summed E-state index contributed by atoms with van der Waals surface area (Å²) in [6.45, 7) is 13.3. The Morgan fingerprint density at radius 3 is 2.29 bits per heavy atom. The van der Waals surface area contributed by atoms with E-state index in [0.717, 1.165) is 16.8 Å². The van der Waals surface area contributed by atoms with Crippen LogP contribution in [0.15, 0.2) is 84.9 Å². The van der Waals surface area contributed by atoms with E-state index in [1.165, 1.54) is 0 Å². The van der Waals surface area contributed by atoms with Crippen molar-refractivity contribution < 1.29 is 9.53 Å². The molecule has 0 aromatic rings. The highest BCUT2D eigenvalue weighted by molar-refractivity contribution is 5.98. The van der Waals surface area contributed by atoms with Crippen molar-refractivity contribution in [3.8, 4) is 0 Å². The van der Waals surface area contributed by atoms with Gasteiger partial charge < -0.3 is 10.1 Å². The maximum absolute atomic E-state index is 12.7. The summed E-state index contributed by atoms with van der Waals surface area (Å²) in [5, 5.41) is 2.91. The van der Waals surface area contributed by atoms with Gasteiger partial charge in [0, 0.05) is 11.3 Å². The Labute approximate surface area is 125 Å². The first-order valence-corrected chi connectivity index (χ1v) is 6.76. The number of carbonyl (C=O) groups is 1. The molecule has 1 spiro atoms. The molecule has 3 heteroatoms.